The molecule has 6 heteroatoms. The summed E-state index contributed by atoms with van der Waals surface area (Å²) in [5, 5.41) is 2.67. The molecule has 0 heterocycles. The summed E-state index contributed by atoms with van der Waals surface area (Å²) >= 11 is 0. The van der Waals surface area contributed by atoms with Crippen molar-refractivity contribution in [2.75, 3.05) is 26.8 Å². The monoisotopic (exact) mass is 274 g/mol. The van der Waals surface area contributed by atoms with Gasteiger partial charge in [0.15, 0.2) is 0 Å². The molecule has 0 radical (unpaired) electrons. The molecule has 6 nitrogen and oxygen atoms in total. The van der Waals surface area contributed by atoms with E-state index in [0.29, 0.717) is 13.1 Å². The largest absolute Gasteiger partial charge is 0.452 e. The fourth-order valence-electron chi connectivity index (χ4n) is 1.54. The molecule has 0 atom stereocenters. The molecule has 0 fully saturated rings. The van der Waals surface area contributed by atoms with Crippen LogP contribution in [0.1, 0.15) is 46.5 Å². The zero-order valence-electron chi connectivity index (χ0n) is 12.5. The van der Waals surface area contributed by atoms with E-state index >= 15 is 0 Å². The summed E-state index contributed by atoms with van der Waals surface area (Å²) in [5.41, 5.74) is 0. The van der Waals surface area contributed by atoms with E-state index in [9.17, 15) is 9.59 Å². The number of amides is 2. The lowest BCUT2D eigenvalue weighted by atomic mass is 10.3. The van der Waals surface area contributed by atoms with Crippen LogP contribution in [0.2, 0.25) is 0 Å². The Morgan fingerprint density at radius 1 is 0.895 bits per heavy atom. The third-order valence-corrected chi connectivity index (χ3v) is 2.60. The molecule has 0 saturated heterocycles. The predicted octanol–water partition coefficient (Wildman–Crippen LogP) is 3.03. The van der Waals surface area contributed by atoms with Crippen LogP contribution in [0.5, 0.6) is 0 Å². The number of unbranched alkanes of at least 4 members (excludes halogenated alkanes) is 2. The lowest BCUT2D eigenvalue weighted by Gasteiger charge is -2.32. The Bertz CT molecular complexity index is 271. The van der Waals surface area contributed by atoms with Gasteiger partial charge in [0.1, 0.15) is 0 Å². The van der Waals surface area contributed by atoms with Gasteiger partial charge in [-0.2, -0.15) is 0 Å². The van der Waals surface area contributed by atoms with Crippen LogP contribution >= 0.6 is 0 Å². The van der Waals surface area contributed by atoms with Gasteiger partial charge in [0, 0.05) is 13.1 Å². The molecule has 0 aromatic heterocycles. The van der Waals surface area contributed by atoms with Crippen molar-refractivity contribution in [2.24, 2.45) is 0 Å². The van der Waals surface area contributed by atoms with Gasteiger partial charge < -0.3 is 9.47 Å². The van der Waals surface area contributed by atoms with Crippen molar-refractivity contribution in [3.63, 3.8) is 0 Å². The number of carbonyl (C=O) groups is 2. The molecule has 0 saturated carbocycles. The van der Waals surface area contributed by atoms with E-state index in [-0.39, 0.29) is 6.61 Å². The van der Waals surface area contributed by atoms with E-state index in [2.05, 4.69) is 0 Å². The first-order chi connectivity index (χ1) is 9.12. The molecule has 0 aliphatic rings. The Labute approximate surface area is 115 Å². The minimum atomic E-state index is -0.530. The first-order valence-corrected chi connectivity index (χ1v) is 6.91. The Balaban J connectivity index is 4.87. The normalized spacial score (nSPS) is 9.89. The summed E-state index contributed by atoms with van der Waals surface area (Å²) in [4.78, 5) is 23.7. The number of rotatable bonds is 7. The molecular formula is C13H26N2O4. The molecule has 0 N–H and O–H groups in total. The molecule has 19 heavy (non-hydrogen) atoms. The Kier molecular flexibility index (Phi) is 9.66. The number of hydrogen-bond acceptors (Lipinski definition) is 4. The van der Waals surface area contributed by atoms with Crippen molar-refractivity contribution in [2.45, 2.75) is 46.5 Å². The number of nitrogens with zero attached hydrogens (tertiary/aromatic N) is 2. The molecule has 0 aromatic carbocycles. The second-order valence-corrected chi connectivity index (χ2v) is 4.12. The van der Waals surface area contributed by atoms with Crippen LogP contribution in [0.15, 0.2) is 0 Å². The summed E-state index contributed by atoms with van der Waals surface area (Å²) in [5.74, 6) is 0. The van der Waals surface area contributed by atoms with Crippen LogP contribution in [0.4, 0.5) is 9.59 Å². The van der Waals surface area contributed by atoms with E-state index < -0.39 is 12.2 Å². The lowest BCUT2D eigenvalue weighted by Crippen LogP contribution is -2.50. The van der Waals surface area contributed by atoms with Gasteiger partial charge in [0.25, 0.3) is 0 Å². The highest BCUT2D eigenvalue weighted by Crippen LogP contribution is 2.08. The first-order valence-electron chi connectivity index (χ1n) is 6.91. The minimum absolute atomic E-state index is 0.282. The number of hydrogen-bond donors (Lipinski definition) is 0. The third kappa shape index (κ3) is 6.31. The summed E-state index contributed by atoms with van der Waals surface area (Å²) in [6, 6.07) is 0. The van der Waals surface area contributed by atoms with Crippen LogP contribution in [-0.2, 0) is 9.47 Å². The van der Waals surface area contributed by atoms with Gasteiger partial charge in [-0.3, -0.25) is 0 Å². The van der Waals surface area contributed by atoms with Crippen LogP contribution in [0.25, 0.3) is 0 Å². The molecule has 0 unspecified atom stereocenters. The van der Waals surface area contributed by atoms with Crippen LogP contribution in [0, 0.1) is 0 Å². The average Bonchev–Trinajstić information content (AvgIpc) is 2.41. The predicted molar refractivity (Wildman–Crippen MR) is 72.7 cm³/mol. The fraction of sp³-hybridized carbons (Fsp3) is 0.846. The maximum atomic E-state index is 11.9. The molecule has 0 rings (SSSR count). The SMILES string of the molecule is CCCCN(C(=O)OC)N(CCCC)C(=O)OCC. The molecule has 0 spiro atoms. The molecule has 112 valence electrons. The smallest absolute Gasteiger partial charge is 0.428 e. The first kappa shape index (κ1) is 17.5. The van der Waals surface area contributed by atoms with E-state index in [1.807, 2.05) is 13.8 Å². The molecule has 0 bridgehead atoms. The van der Waals surface area contributed by atoms with Crippen LogP contribution < -0.4 is 0 Å². The quantitative estimate of drug-likeness (QED) is 0.669. The minimum Gasteiger partial charge on any atom is -0.452 e. The van der Waals surface area contributed by atoms with Crippen molar-refractivity contribution in [1.82, 2.24) is 10.0 Å². The van der Waals surface area contributed by atoms with Gasteiger partial charge in [-0.25, -0.2) is 19.6 Å². The van der Waals surface area contributed by atoms with E-state index in [1.54, 1.807) is 6.92 Å². The van der Waals surface area contributed by atoms with Crippen molar-refractivity contribution < 1.29 is 19.1 Å². The van der Waals surface area contributed by atoms with Gasteiger partial charge in [0.2, 0.25) is 0 Å². The van der Waals surface area contributed by atoms with E-state index in [1.165, 1.54) is 17.1 Å². The van der Waals surface area contributed by atoms with Crippen molar-refractivity contribution in [3.05, 3.63) is 0 Å². The zero-order valence-corrected chi connectivity index (χ0v) is 12.5. The standard InChI is InChI=1S/C13H26N2O4/c1-5-8-10-14(12(16)18-4)15(11-9-6-2)13(17)19-7-3/h5-11H2,1-4H3. The highest BCUT2D eigenvalue weighted by molar-refractivity contribution is 5.74. The van der Waals surface area contributed by atoms with Crippen LogP contribution in [-0.4, -0.2) is 49.0 Å². The molecule has 0 aliphatic carbocycles. The molecular weight excluding hydrogens is 248 g/mol. The maximum Gasteiger partial charge on any atom is 0.428 e. The Morgan fingerprint density at radius 3 is 1.74 bits per heavy atom. The second-order valence-electron chi connectivity index (χ2n) is 4.12. The summed E-state index contributed by atoms with van der Waals surface area (Å²) < 4.78 is 9.73. The summed E-state index contributed by atoms with van der Waals surface area (Å²) in [7, 11) is 1.31. The van der Waals surface area contributed by atoms with Gasteiger partial charge in [-0.05, 0) is 19.8 Å². The third-order valence-electron chi connectivity index (χ3n) is 2.60. The highest BCUT2D eigenvalue weighted by Gasteiger charge is 2.26. The fourth-order valence-corrected chi connectivity index (χ4v) is 1.54. The van der Waals surface area contributed by atoms with Gasteiger partial charge in [0.05, 0.1) is 13.7 Å². The topological polar surface area (TPSA) is 59.1 Å². The number of ether oxygens (including phenoxy) is 2. The average molecular weight is 274 g/mol. The van der Waals surface area contributed by atoms with E-state index in [0.717, 1.165) is 25.7 Å². The van der Waals surface area contributed by atoms with Gasteiger partial charge in [-0.15, -0.1) is 0 Å². The van der Waals surface area contributed by atoms with Crippen LogP contribution in [0.3, 0.4) is 0 Å². The number of carbonyl (C=O) groups excluding carboxylic acids is 2. The number of methoxy groups -OCH3 is 1. The summed E-state index contributed by atoms with van der Waals surface area (Å²) in [6.45, 7) is 6.97. The van der Waals surface area contributed by atoms with E-state index in [4.69, 9.17) is 9.47 Å². The molecule has 0 aliphatic heterocycles. The van der Waals surface area contributed by atoms with Crippen molar-refractivity contribution in [3.8, 4) is 0 Å². The number of hydrazine groups is 1. The molecule has 0 aromatic rings. The van der Waals surface area contributed by atoms with Crippen molar-refractivity contribution >= 4 is 12.2 Å². The van der Waals surface area contributed by atoms with Crippen molar-refractivity contribution in [1.29, 1.82) is 0 Å². The van der Waals surface area contributed by atoms with Gasteiger partial charge in [-0.1, -0.05) is 26.7 Å². The highest BCUT2D eigenvalue weighted by atomic mass is 16.6. The second kappa shape index (κ2) is 10.5. The lowest BCUT2D eigenvalue weighted by molar-refractivity contribution is -0.0171. The maximum absolute atomic E-state index is 11.9. The van der Waals surface area contributed by atoms with Gasteiger partial charge >= 0.3 is 12.2 Å². The Morgan fingerprint density at radius 2 is 1.37 bits per heavy atom. The Hall–Kier alpha value is -1.46. The summed E-state index contributed by atoms with van der Waals surface area (Å²) in [6.07, 6.45) is 2.43. The molecule has 2 amide bonds. The zero-order chi connectivity index (χ0) is 14.7.